The maximum atomic E-state index is 12.4. The Labute approximate surface area is 111 Å². The molecule has 4 nitrogen and oxygen atoms in total. The number of ether oxygens (including phenoxy) is 1. The molecule has 0 aliphatic carbocycles. The lowest BCUT2D eigenvalue weighted by Gasteiger charge is -2.34. The van der Waals surface area contributed by atoms with E-state index in [4.69, 9.17) is 4.74 Å². The number of morpholine rings is 1. The molecule has 1 aliphatic heterocycles. The van der Waals surface area contributed by atoms with Crippen molar-refractivity contribution < 1.29 is 14.6 Å². The van der Waals surface area contributed by atoms with Gasteiger partial charge >= 0.3 is 0 Å². The maximum absolute atomic E-state index is 12.4. The van der Waals surface area contributed by atoms with E-state index in [2.05, 4.69) is 6.92 Å². The van der Waals surface area contributed by atoms with Gasteiger partial charge in [0.05, 0.1) is 30.7 Å². The summed E-state index contributed by atoms with van der Waals surface area (Å²) < 4.78 is 5.29. The van der Waals surface area contributed by atoms with E-state index in [0.717, 1.165) is 11.3 Å². The molecule has 0 radical (unpaired) electrons. The highest BCUT2D eigenvalue weighted by Gasteiger charge is 2.28. The standard InChI is InChI=1S/C13H19NO3S/c1-3-11-9(2)6-12(18-11)13(16)14-4-5-17-8-10(14)7-15/h6,10,15H,3-5,7-8H2,1-2H3. The maximum Gasteiger partial charge on any atom is 0.264 e. The van der Waals surface area contributed by atoms with Crippen LogP contribution in [-0.2, 0) is 11.2 Å². The molecule has 1 unspecified atom stereocenters. The number of thiophene rings is 1. The first-order valence-electron chi connectivity index (χ1n) is 6.26. The molecule has 0 bridgehead atoms. The molecule has 18 heavy (non-hydrogen) atoms. The first-order valence-corrected chi connectivity index (χ1v) is 7.07. The Balaban J connectivity index is 2.18. The first kappa shape index (κ1) is 13.5. The number of carbonyl (C=O) groups is 1. The minimum absolute atomic E-state index is 0.0187. The van der Waals surface area contributed by atoms with E-state index in [9.17, 15) is 9.90 Å². The van der Waals surface area contributed by atoms with Crippen molar-refractivity contribution in [3.05, 3.63) is 21.4 Å². The Morgan fingerprint density at radius 1 is 1.67 bits per heavy atom. The number of aliphatic hydroxyl groups is 1. The number of aryl methyl sites for hydroxylation is 2. The van der Waals surface area contributed by atoms with Crippen molar-refractivity contribution in [2.24, 2.45) is 0 Å². The number of hydrogen-bond acceptors (Lipinski definition) is 4. The van der Waals surface area contributed by atoms with Crippen LogP contribution >= 0.6 is 11.3 Å². The van der Waals surface area contributed by atoms with Gasteiger partial charge < -0.3 is 14.7 Å². The van der Waals surface area contributed by atoms with Gasteiger partial charge in [-0.1, -0.05) is 6.92 Å². The molecule has 100 valence electrons. The lowest BCUT2D eigenvalue weighted by Crippen LogP contribution is -2.50. The lowest BCUT2D eigenvalue weighted by molar-refractivity contribution is -0.0181. The molecule has 0 spiro atoms. The number of hydrogen-bond donors (Lipinski definition) is 1. The second-order valence-electron chi connectivity index (χ2n) is 4.48. The molecule has 2 rings (SSSR count). The summed E-state index contributed by atoms with van der Waals surface area (Å²) in [4.78, 5) is 16.2. The van der Waals surface area contributed by atoms with Gasteiger partial charge in [0.2, 0.25) is 0 Å². The third kappa shape index (κ3) is 2.58. The van der Waals surface area contributed by atoms with Gasteiger partial charge in [0.1, 0.15) is 0 Å². The van der Waals surface area contributed by atoms with E-state index in [1.165, 1.54) is 10.4 Å². The molecule has 1 N–H and O–H groups in total. The monoisotopic (exact) mass is 269 g/mol. The molecular formula is C13H19NO3S. The van der Waals surface area contributed by atoms with E-state index >= 15 is 0 Å². The van der Waals surface area contributed by atoms with E-state index < -0.39 is 0 Å². The van der Waals surface area contributed by atoms with Crippen molar-refractivity contribution in [2.45, 2.75) is 26.3 Å². The molecule has 1 aromatic heterocycles. The second-order valence-corrected chi connectivity index (χ2v) is 5.62. The van der Waals surface area contributed by atoms with Crippen LogP contribution in [0, 0.1) is 6.92 Å². The molecule has 1 amide bonds. The van der Waals surface area contributed by atoms with Crippen molar-refractivity contribution in [3.8, 4) is 0 Å². The van der Waals surface area contributed by atoms with Crippen LogP contribution in [-0.4, -0.2) is 48.3 Å². The van der Waals surface area contributed by atoms with E-state index in [1.807, 2.05) is 13.0 Å². The highest BCUT2D eigenvalue weighted by Crippen LogP contribution is 2.24. The zero-order valence-electron chi connectivity index (χ0n) is 10.8. The van der Waals surface area contributed by atoms with Crippen LogP contribution in [0.15, 0.2) is 6.07 Å². The summed E-state index contributed by atoms with van der Waals surface area (Å²) in [6.45, 7) is 5.62. The van der Waals surface area contributed by atoms with Gasteiger partial charge in [-0.25, -0.2) is 0 Å². The summed E-state index contributed by atoms with van der Waals surface area (Å²) >= 11 is 1.56. The Bertz CT molecular complexity index is 430. The van der Waals surface area contributed by atoms with Gasteiger partial charge in [-0.3, -0.25) is 4.79 Å². The molecule has 0 saturated carbocycles. The third-order valence-corrected chi connectivity index (χ3v) is 4.62. The van der Waals surface area contributed by atoms with Crippen LogP contribution in [0.2, 0.25) is 0 Å². The number of nitrogens with zero attached hydrogens (tertiary/aromatic N) is 1. The molecule has 1 atom stereocenters. The van der Waals surface area contributed by atoms with Crippen molar-refractivity contribution in [2.75, 3.05) is 26.4 Å². The van der Waals surface area contributed by atoms with Gasteiger partial charge in [-0.2, -0.15) is 0 Å². The van der Waals surface area contributed by atoms with E-state index in [1.54, 1.807) is 16.2 Å². The minimum atomic E-state index is -0.210. The largest absolute Gasteiger partial charge is 0.394 e. The van der Waals surface area contributed by atoms with Gasteiger partial charge in [-0.15, -0.1) is 11.3 Å². The average Bonchev–Trinajstić information content (AvgIpc) is 2.79. The molecule has 1 fully saturated rings. The van der Waals surface area contributed by atoms with Crippen LogP contribution in [0.4, 0.5) is 0 Å². The van der Waals surface area contributed by atoms with Crippen LogP contribution in [0.3, 0.4) is 0 Å². The number of aliphatic hydroxyl groups excluding tert-OH is 1. The van der Waals surface area contributed by atoms with Crippen molar-refractivity contribution in [3.63, 3.8) is 0 Å². The normalized spacial score (nSPS) is 20.2. The molecule has 2 heterocycles. The smallest absolute Gasteiger partial charge is 0.264 e. The van der Waals surface area contributed by atoms with Crippen LogP contribution in [0.25, 0.3) is 0 Å². The summed E-state index contributed by atoms with van der Waals surface area (Å²) in [6, 6.07) is 1.74. The SMILES string of the molecule is CCc1sc(C(=O)N2CCOCC2CO)cc1C. The fourth-order valence-corrected chi connectivity index (χ4v) is 3.26. The summed E-state index contributed by atoms with van der Waals surface area (Å²) in [5.41, 5.74) is 1.18. The number of amides is 1. The van der Waals surface area contributed by atoms with Gasteiger partial charge in [0.25, 0.3) is 5.91 Å². The van der Waals surface area contributed by atoms with Gasteiger partial charge in [0.15, 0.2) is 0 Å². The van der Waals surface area contributed by atoms with Crippen molar-refractivity contribution in [1.82, 2.24) is 4.90 Å². The molecule has 1 aromatic rings. The van der Waals surface area contributed by atoms with Crippen molar-refractivity contribution in [1.29, 1.82) is 0 Å². The van der Waals surface area contributed by atoms with Crippen LogP contribution < -0.4 is 0 Å². The minimum Gasteiger partial charge on any atom is -0.394 e. The Morgan fingerprint density at radius 2 is 2.44 bits per heavy atom. The fourth-order valence-electron chi connectivity index (χ4n) is 2.19. The highest BCUT2D eigenvalue weighted by molar-refractivity contribution is 7.14. The topological polar surface area (TPSA) is 49.8 Å². The summed E-state index contributed by atoms with van der Waals surface area (Å²) in [5, 5.41) is 9.29. The Hall–Kier alpha value is -0.910. The van der Waals surface area contributed by atoms with E-state index in [-0.39, 0.29) is 18.6 Å². The van der Waals surface area contributed by atoms with E-state index in [0.29, 0.717) is 19.8 Å². The molecule has 1 aliphatic rings. The predicted molar refractivity (Wildman–Crippen MR) is 71.2 cm³/mol. The Kier molecular flexibility index (Phi) is 4.37. The zero-order chi connectivity index (χ0) is 13.1. The van der Waals surface area contributed by atoms with Gasteiger partial charge in [-0.05, 0) is 25.0 Å². The number of carbonyl (C=O) groups excluding carboxylic acids is 1. The molecular weight excluding hydrogens is 250 g/mol. The predicted octanol–water partition coefficient (Wildman–Crippen LogP) is 1.45. The quantitative estimate of drug-likeness (QED) is 0.903. The highest BCUT2D eigenvalue weighted by atomic mass is 32.1. The summed E-state index contributed by atoms with van der Waals surface area (Å²) in [5.74, 6) is 0.0187. The molecule has 1 saturated heterocycles. The molecule has 0 aromatic carbocycles. The first-order chi connectivity index (χ1) is 8.67. The number of rotatable bonds is 3. The fraction of sp³-hybridized carbons (Fsp3) is 0.615. The van der Waals surface area contributed by atoms with Gasteiger partial charge in [0, 0.05) is 11.4 Å². The third-order valence-electron chi connectivity index (χ3n) is 3.25. The average molecular weight is 269 g/mol. The van der Waals surface area contributed by atoms with Crippen molar-refractivity contribution >= 4 is 17.2 Å². The molecule has 5 heteroatoms. The summed E-state index contributed by atoms with van der Waals surface area (Å²) in [7, 11) is 0. The lowest BCUT2D eigenvalue weighted by atomic mass is 10.2. The van der Waals surface area contributed by atoms with Crippen LogP contribution in [0.1, 0.15) is 27.0 Å². The summed E-state index contributed by atoms with van der Waals surface area (Å²) in [6.07, 6.45) is 0.955. The Morgan fingerprint density at radius 3 is 3.06 bits per heavy atom. The zero-order valence-corrected chi connectivity index (χ0v) is 11.6. The second kappa shape index (κ2) is 5.82. The van der Waals surface area contributed by atoms with Crippen LogP contribution in [0.5, 0.6) is 0 Å².